The molecule has 0 aliphatic rings. The minimum Gasteiger partial charge on any atom is -0.435 e. The molecule has 0 amide bonds. The number of aromatic nitrogens is 1. The molecule has 0 atom stereocenters. The van der Waals surface area contributed by atoms with Crippen LogP contribution in [0, 0.1) is 21.7 Å². The van der Waals surface area contributed by atoms with Crippen LogP contribution in [0.2, 0.25) is 5.02 Å². The number of benzene rings is 1. The van der Waals surface area contributed by atoms with Crippen molar-refractivity contribution in [3.63, 3.8) is 0 Å². The first-order chi connectivity index (χ1) is 9.38. The number of nitro groups is 1. The highest BCUT2D eigenvalue weighted by Gasteiger charge is 2.20. The molecule has 2 rings (SSSR count). The molecule has 1 aromatic carbocycles. The van der Waals surface area contributed by atoms with Crippen LogP contribution in [-0.2, 0) is 0 Å². The quantitative estimate of drug-likeness (QED) is 0.594. The minimum atomic E-state index is -1.21. The van der Waals surface area contributed by atoms with Gasteiger partial charge in [0.1, 0.15) is 0 Å². The van der Waals surface area contributed by atoms with Gasteiger partial charge in [-0.25, -0.2) is 9.37 Å². The van der Waals surface area contributed by atoms with E-state index in [0.717, 1.165) is 0 Å². The fourth-order valence-corrected chi connectivity index (χ4v) is 2.04. The van der Waals surface area contributed by atoms with Gasteiger partial charge in [-0.1, -0.05) is 11.6 Å². The number of pyridine rings is 1. The first-order valence-electron chi connectivity index (χ1n) is 5.01. The number of nitrogens with zero attached hydrogens (tertiary/aromatic N) is 2. The van der Waals surface area contributed by atoms with E-state index in [4.69, 9.17) is 16.3 Å². The summed E-state index contributed by atoms with van der Waals surface area (Å²) in [5.41, 5.74) is -0.974. The van der Waals surface area contributed by atoms with E-state index < -0.39 is 28.0 Å². The van der Waals surface area contributed by atoms with Crippen molar-refractivity contribution in [1.82, 2.24) is 4.98 Å². The second-order valence-electron chi connectivity index (χ2n) is 3.53. The zero-order valence-electron chi connectivity index (χ0n) is 9.44. The molecule has 0 N–H and O–H groups in total. The van der Waals surface area contributed by atoms with Gasteiger partial charge in [-0.15, -0.1) is 0 Å². The number of rotatable bonds is 3. The van der Waals surface area contributed by atoms with E-state index in [9.17, 15) is 18.9 Å². The summed E-state index contributed by atoms with van der Waals surface area (Å²) in [6.07, 6.45) is 1.25. The first-order valence-corrected chi connectivity index (χ1v) is 6.18. The third-order valence-electron chi connectivity index (χ3n) is 2.18. The maximum absolute atomic E-state index is 13.6. The van der Waals surface area contributed by atoms with Crippen LogP contribution in [0.3, 0.4) is 0 Å². The summed E-state index contributed by atoms with van der Waals surface area (Å²) in [4.78, 5) is 13.2. The van der Waals surface area contributed by atoms with Gasteiger partial charge in [0.15, 0.2) is 11.6 Å². The van der Waals surface area contributed by atoms with E-state index in [-0.39, 0.29) is 5.88 Å². The van der Waals surface area contributed by atoms with Crippen molar-refractivity contribution >= 4 is 33.2 Å². The van der Waals surface area contributed by atoms with Crippen LogP contribution in [0.15, 0.2) is 28.9 Å². The summed E-state index contributed by atoms with van der Waals surface area (Å²) in [5.74, 6) is -2.87. The number of hydrogen-bond acceptors (Lipinski definition) is 4. The summed E-state index contributed by atoms with van der Waals surface area (Å²) < 4.78 is 32.4. The van der Waals surface area contributed by atoms with Crippen molar-refractivity contribution in [2.24, 2.45) is 0 Å². The highest BCUT2D eigenvalue weighted by atomic mass is 79.9. The third-order valence-corrected chi connectivity index (χ3v) is 2.95. The highest BCUT2D eigenvalue weighted by molar-refractivity contribution is 9.10. The van der Waals surface area contributed by atoms with Gasteiger partial charge in [-0.05, 0) is 22.0 Å². The average molecular weight is 366 g/mol. The Kier molecular flexibility index (Phi) is 4.15. The van der Waals surface area contributed by atoms with Gasteiger partial charge >= 0.3 is 5.69 Å². The maximum atomic E-state index is 13.6. The van der Waals surface area contributed by atoms with Gasteiger partial charge in [0, 0.05) is 12.3 Å². The molecule has 0 saturated carbocycles. The van der Waals surface area contributed by atoms with E-state index in [2.05, 4.69) is 20.9 Å². The second kappa shape index (κ2) is 5.68. The van der Waals surface area contributed by atoms with E-state index in [1.807, 2.05) is 0 Å². The Balaban J connectivity index is 2.39. The predicted molar refractivity (Wildman–Crippen MR) is 70.0 cm³/mol. The first kappa shape index (κ1) is 14.6. The Morgan fingerprint density at radius 3 is 2.60 bits per heavy atom. The van der Waals surface area contributed by atoms with Crippen LogP contribution in [0.25, 0.3) is 0 Å². The van der Waals surface area contributed by atoms with Gasteiger partial charge in [-0.2, -0.15) is 4.39 Å². The van der Waals surface area contributed by atoms with Gasteiger partial charge in [0.25, 0.3) is 0 Å². The molecule has 2 aromatic rings. The molecular weight excluding hydrogens is 361 g/mol. The molecule has 0 aliphatic heterocycles. The Bertz CT molecular complexity index is 700. The smallest absolute Gasteiger partial charge is 0.307 e. The van der Waals surface area contributed by atoms with E-state index in [1.54, 1.807) is 0 Å². The van der Waals surface area contributed by atoms with Crippen molar-refractivity contribution in [2.75, 3.05) is 0 Å². The molecule has 0 saturated heterocycles. The average Bonchev–Trinajstić information content (AvgIpc) is 2.36. The summed E-state index contributed by atoms with van der Waals surface area (Å²) in [6.45, 7) is 0. The number of hydrogen-bond donors (Lipinski definition) is 0. The molecular formula is C11H4BrClF2N2O3. The minimum absolute atomic E-state index is 0.0541. The molecule has 9 heteroatoms. The van der Waals surface area contributed by atoms with Crippen molar-refractivity contribution < 1.29 is 18.4 Å². The van der Waals surface area contributed by atoms with Crippen LogP contribution in [-0.4, -0.2) is 9.91 Å². The zero-order valence-corrected chi connectivity index (χ0v) is 11.8. The lowest BCUT2D eigenvalue weighted by Gasteiger charge is -2.07. The fourth-order valence-electron chi connectivity index (χ4n) is 1.32. The molecule has 20 heavy (non-hydrogen) atoms. The standard InChI is InChI=1S/C11H4BrClF2N2O3/c12-6-1-5(13)4-16-11(6)20-10-3-7(14)9(17(18)19)2-8(10)15/h1-4H. The topological polar surface area (TPSA) is 65.3 Å². The molecule has 0 unspecified atom stereocenters. The second-order valence-corrected chi connectivity index (χ2v) is 4.82. The largest absolute Gasteiger partial charge is 0.435 e. The van der Waals surface area contributed by atoms with E-state index in [0.29, 0.717) is 21.6 Å². The van der Waals surface area contributed by atoms with Crippen LogP contribution < -0.4 is 4.74 Å². The van der Waals surface area contributed by atoms with Crippen LogP contribution >= 0.6 is 27.5 Å². The molecule has 1 heterocycles. The summed E-state index contributed by atoms with van der Waals surface area (Å²) in [7, 11) is 0. The van der Waals surface area contributed by atoms with Crippen molar-refractivity contribution in [3.05, 3.63) is 55.6 Å². The van der Waals surface area contributed by atoms with Gasteiger partial charge in [-0.3, -0.25) is 10.1 Å². The summed E-state index contributed by atoms with van der Waals surface area (Å²) in [5, 5.41) is 10.8. The van der Waals surface area contributed by atoms with Gasteiger partial charge in [0.2, 0.25) is 11.7 Å². The van der Waals surface area contributed by atoms with Crippen molar-refractivity contribution in [2.45, 2.75) is 0 Å². The Morgan fingerprint density at radius 2 is 2.00 bits per heavy atom. The molecule has 5 nitrogen and oxygen atoms in total. The van der Waals surface area contributed by atoms with Gasteiger partial charge in [0.05, 0.1) is 20.5 Å². The number of halogens is 4. The predicted octanol–water partition coefficient (Wildman–Crippen LogP) is 4.48. The lowest BCUT2D eigenvalue weighted by atomic mass is 10.3. The summed E-state index contributed by atoms with van der Waals surface area (Å²) in [6, 6.07) is 2.47. The molecule has 1 aromatic heterocycles. The van der Waals surface area contributed by atoms with Crippen molar-refractivity contribution in [1.29, 1.82) is 0 Å². The summed E-state index contributed by atoms with van der Waals surface area (Å²) >= 11 is 8.76. The Hall–Kier alpha value is -1.80. The molecule has 0 bridgehead atoms. The molecule has 0 spiro atoms. The van der Waals surface area contributed by atoms with Crippen LogP contribution in [0.5, 0.6) is 11.6 Å². The Morgan fingerprint density at radius 1 is 1.30 bits per heavy atom. The fraction of sp³-hybridized carbons (Fsp3) is 0. The van der Waals surface area contributed by atoms with E-state index in [1.165, 1.54) is 12.3 Å². The third kappa shape index (κ3) is 3.02. The molecule has 104 valence electrons. The lowest BCUT2D eigenvalue weighted by Crippen LogP contribution is -1.97. The maximum Gasteiger partial charge on any atom is 0.307 e. The van der Waals surface area contributed by atoms with E-state index >= 15 is 0 Å². The molecule has 0 aliphatic carbocycles. The highest BCUT2D eigenvalue weighted by Crippen LogP contribution is 2.33. The van der Waals surface area contributed by atoms with Crippen LogP contribution in [0.1, 0.15) is 0 Å². The lowest BCUT2D eigenvalue weighted by molar-refractivity contribution is -0.387. The molecule has 0 fully saturated rings. The normalized spacial score (nSPS) is 10.4. The zero-order chi connectivity index (χ0) is 14.9. The monoisotopic (exact) mass is 364 g/mol. The number of nitro benzene ring substituents is 1. The molecule has 0 radical (unpaired) electrons. The van der Waals surface area contributed by atoms with Crippen LogP contribution in [0.4, 0.5) is 14.5 Å². The number of ether oxygens (including phenoxy) is 1. The van der Waals surface area contributed by atoms with Crippen molar-refractivity contribution in [3.8, 4) is 11.6 Å². The SMILES string of the molecule is O=[N+]([O-])c1cc(F)c(Oc2ncc(Cl)cc2Br)cc1F. The Labute approximate surface area is 124 Å². The van der Waals surface area contributed by atoms with Gasteiger partial charge < -0.3 is 4.74 Å².